The van der Waals surface area contributed by atoms with Gasteiger partial charge in [-0.25, -0.2) is 8.42 Å². The first-order valence-electron chi connectivity index (χ1n) is 7.38. The highest BCUT2D eigenvalue weighted by Crippen LogP contribution is 2.32. The quantitative estimate of drug-likeness (QED) is 0.779. The fourth-order valence-electron chi connectivity index (χ4n) is 2.54. The number of anilines is 1. The molecular formula is C15H24N2O3S. The molecule has 1 unspecified atom stereocenters. The van der Waals surface area contributed by atoms with Crippen LogP contribution in [0.25, 0.3) is 0 Å². The van der Waals surface area contributed by atoms with Crippen molar-refractivity contribution in [1.29, 1.82) is 0 Å². The molecule has 0 spiro atoms. The van der Waals surface area contributed by atoms with Crippen LogP contribution in [0.15, 0.2) is 18.2 Å². The lowest BCUT2D eigenvalue weighted by Crippen LogP contribution is -2.32. The summed E-state index contributed by atoms with van der Waals surface area (Å²) in [5, 5.41) is 3.20. The van der Waals surface area contributed by atoms with Crippen LogP contribution in [-0.4, -0.2) is 41.0 Å². The van der Waals surface area contributed by atoms with Gasteiger partial charge in [0.05, 0.1) is 18.0 Å². The Kier molecular flexibility index (Phi) is 5.24. The topological polar surface area (TPSA) is 58.6 Å². The van der Waals surface area contributed by atoms with E-state index in [0.29, 0.717) is 13.2 Å². The number of ether oxygens (including phenoxy) is 1. The van der Waals surface area contributed by atoms with Gasteiger partial charge < -0.3 is 10.1 Å². The van der Waals surface area contributed by atoms with Gasteiger partial charge in [-0.3, -0.25) is 4.31 Å². The first-order chi connectivity index (χ1) is 9.99. The monoisotopic (exact) mass is 312 g/mol. The van der Waals surface area contributed by atoms with Gasteiger partial charge in [0.25, 0.3) is 0 Å². The molecule has 1 aliphatic heterocycles. The average Bonchev–Trinajstić information content (AvgIpc) is 2.90. The second kappa shape index (κ2) is 6.77. The van der Waals surface area contributed by atoms with Gasteiger partial charge in [0.2, 0.25) is 10.0 Å². The van der Waals surface area contributed by atoms with Gasteiger partial charge in [-0.15, -0.1) is 0 Å². The molecule has 5 nitrogen and oxygen atoms in total. The van der Waals surface area contributed by atoms with Crippen molar-refractivity contribution >= 4 is 15.7 Å². The van der Waals surface area contributed by atoms with Crippen LogP contribution in [-0.2, 0) is 21.2 Å². The molecule has 0 aromatic heterocycles. The van der Waals surface area contributed by atoms with Crippen LogP contribution in [0.1, 0.15) is 31.0 Å². The third-order valence-electron chi connectivity index (χ3n) is 3.92. The molecule has 1 N–H and O–H groups in total. The molecule has 0 saturated heterocycles. The van der Waals surface area contributed by atoms with Crippen molar-refractivity contribution in [3.05, 3.63) is 29.3 Å². The lowest BCUT2D eigenvalue weighted by Gasteiger charge is -2.20. The zero-order chi connectivity index (χ0) is 15.5. The number of sulfonamides is 1. The molecule has 0 bridgehead atoms. The van der Waals surface area contributed by atoms with Crippen molar-refractivity contribution in [2.45, 2.75) is 26.3 Å². The van der Waals surface area contributed by atoms with Crippen LogP contribution in [0.5, 0.6) is 0 Å². The minimum Gasteiger partial charge on any atom is -0.381 e. The predicted octanol–water partition coefficient (Wildman–Crippen LogP) is 1.70. The molecular weight excluding hydrogens is 288 g/mol. The molecule has 118 valence electrons. The van der Waals surface area contributed by atoms with Crippen LogP contribution in [0.3, 0.4) is 0 Å². The Labute approximate surface area is 127 Å². The fourth-order valence-corrected chi connectivity index (χ4v) is 3.93. The molecule has 1 atom stereocenters. The molecule has 6 heteroatoms. The third-order valence-corrected chi connectivity index (χ3v) is 5.65. The van der Waals surface area contributed by atoms with E-state index in [9.17, 15) is 8.42 Å². The molecule has 0 amide bonds. The number of fused-ring (bicyclic) bond motifs is 1. The number of benzene rings is 1. The first-order valence-corrected chi connectivity index (χ1v) is 8.98. The van der Waals surface area contributed by atoms with Crippen molar-refractivity contribution in [3.63, 3.8) is 0 Å². The summed E-state index contributed by atoms with van der Waals surface area (Å²) >= 11 is 0. The molecule has 1 aliphatic rings. The maximum Gasteiger partial charge on any atom is 0.237 e. The first kappa shape index (κ1) is 16.3. The van der Waals surface area contributed by atoms with Crippen molar-refractivity contribution in [1.82, 2.24) is 5.32 Å². The zero-order valence-corrected chi connectivity index (χ0v) is 13.7. The Morgan fingerprint density at radius 1 is 1.43 bits per heavy atom. The van der Waals surface area contributed by atoms with Crippen molar-refractivity contribution < 1.29 is 13.2 Å². The Hall–Kier alpha value is -1.11. The summed E-state index contributed by atoms with van der Waals surface area (Å²) in [6, 6.07) is 6.29. The van der Waals surface area contributed by atoms with Crippen LogP contribution < -0.4 is 9.62 Å². The fraction of sp³-hybridized carbons (Fsp3) is 0.600. The summed E-state index contributed by atoms with van der Waals surface area (Å²) in [5.41, 5.74) is 3.11. The largest absolute Gasteiger partial charge is 0.381 e. The average molecular weight is 312 g/mol. The number of rotatable bonds is 7. The van der Waals surface area contributed by atoms with Gasteiger partial charge in [0, 0.05) is 19.2 Å². The molecule has 1 aromatic carbocycles. The van der Waals surface area contributed by atoms with E-state index >= 15 is 0 Å². The van der Waals surface area contributed by atoms with E-state index < -0.39 is 10.0 Å². The summed E-state index contributed by atoms with van der Waals surface area (Å²) in [6.45, 7) is 5.27. The normalized spacial score (nSPS) is 16.0. The van der Waals surface area contributed by atoms with E-state index in [4.69, 9.17) is 4.74 Å². The zero-order valence-electron chi connectivity index (χ0n) is 12.9. The summed E-state index contributed by atoms with van der Waals surface area (Å²) < 4.78 is 31.4. The van der Waals surface area contributed by atoms with Gasteiger partial charge >= 0.3 is 0 Å². The highest BCUT2D eigenvalue weighted by atomic mass is 32.2. The maximum atomic E-state index is 12.4. The minimum atomic E-state index is -3.29. The summed E-state index contributed by atoms with van der Waals surface area (Å²) in [6.07, 6.45) is 0.771. The number of hydrogen-bond acceptors (Lipinski definition) is 4. The SMILES string of the molecule is CCOCCS(=O)(=O)N1CCc2cc(C(C)NC)ccc21. The van der Waals surface area contributed by atoms with E-state index in [0.717, 1.165) is 17.7 Å². The Bertz CT molecular complexity index is 587. The van der Waals surface area contributed by atoms with Gasteiger partial charge in [-0.1, -0.05) is 12.1 Å². The summed E-state index contributed by atoms with van der Waals surface area (Å²) in [4.78, 5) is 0. The third kappa shape index (κ3) is 3.56. The van der Waals surface area contributed by atoms with Crippen LogP contribution in [0, 0.1) is 0 Å². The second-order valence-electron chi connectivity index (χ2n) is 5.23. The second-order valence-corrected chi connectivity index (χ2v) is 7.25. The molecule has 21 heavy (non-hydrogen) atoms. The predicted molar refractivity (Wildman–Crippen MR) is 85.2 cm³/mol. The number of nitrogens with zero attached hydrogens (tertiary/aromatic N) is 1. The van der Waals surface area contributed by atoms with Gasteiger partial charge in [-0.05, 0) is 44.5 Å². The molecule has 0 fully saturated rings. The van der Waals surface area contributed by atoms with E-state index in [1.807, 2.05) is 26.1 Å². The summed E-state index contributed by atoms with van der Waals surface area (Å²) in [7, 11) is -1.37. The standard InChI is InChI=1S/C15H24N2O3S/c1-4-20-9-10-21(18,19)17-8-7-14-11-13(12(2)16-3)5-6-15(14)17/h5-6,11-12,16H,4,7-10H2,1-3H3. The molecule has 1 heterocycles. The van der Waals surface area contributed by atoms with E-state index in [1.54, 1.807) is 0 Å². The van der Waals surface area contributed by atoms with Crippen molar-refractivity contribution in [3.8, 4) is 0 Å². The van der Waals surface area contributed by atoms with E-state index in [-0.39, 0.29) is 18.4 Å². The van der Waals surface area contributed by atoms with Gasteiger partial charge in [-0.2, -0.15) is 0 Å². The van der Waals surface area contributed by atoms with Crippen LogP contribution >= 0.6 is 0 Å². The lowest BCUT2D eigenvalue weighted by molar-refractivity contribution is 0.163. The molecule has 0 saturated carbocycles. The van der Waals surface area contributed by atoms with Crippen LogP contribution in [0.4, 0.5) is 5.69 Å². The minimum absolute atomic E-state index is 0.0367. The Balaban J connectivity index is 2.18. The molecule has 1 aromatic rings. The molecule has 0 aliphatic carbocycles. The maximum absolute atomic E-state index is 12.4. The highest BCUT2D eigenvalue weighted by molar-refractivity contribution is 7.92. The Morgan fingerprint density at radius 3 is 2.86 bits per heavy atom. The highest BCUT2D eigenvalue weighted by Gasteiger charge is 2.29. The van der Waals surface area contributed by atoms with Crippen LogP contribution in [0.2, 0.25) is 0 Å². The Morgan fingerprint density at radius 2 is 2.19 bits per heavy atom. The smallest absolute Gasteiger partial charge is 0.237 e. The van der Waals surface area contributed by atoms with Gasteiger partial charge in [0.1, 0.15) is 0 Å². The van der Waals surface area contributed by atoms with E-state index in [2.05, 4.69) is 18.3 Å². The summed E-state index contributed by atoms with van der Waals surface area (Å²) in [5.74, 6) is 0.0367. The molecule has 0 radical (unpaired) electrons. The number of nitrogens with one attached hydrogen (secondary N) is 1. The van der Waals surface area contributed by atoms with Gasteiger partial charge in [0.15, 0.2) is 0 Å². The van der Waals surface area contributed by atoms with Crippen molar-refractivity contribution in [2.24, 2.45) is 0 Å². The van der Waals surface area contributed by atoms with Crippen molar-refractivity contribution in [2.75, 3.05) is 36.9 Å². The van der Waals surface area contributed by atoms with E-state index in [1.165, 1.54) is 9.87 Å². The molecule has 2 rings (SSSR count). The number of hydrogen-bond donors (Lipinski definition) is 1. The lowest BCUT2D eigenvalue weighted by atomic mass is 10.0.